The number of carbonyl (C=O) groups excluding carboxylic acids is 2. The zero-order valence-electron chi connectivity index (χ0n) is 18.8. The van der Waals surface area contributed by atoms with Gasteiger partial charge in [0.15, 0.2) is 6.61 Å². The molecule has 0 unspecified atom stereocenters. The first-order chi connectivity index (χ1) is 14.3. The Morgan fingerprint density at radius 2 is 1.77 bits per heavy atom. The minimum absolute atomic E-state index is 0.0608. The van der Waals surface area contributed by atoms with E-state index in [4.69, 9.17) is 4.74 Å². The zero-order valence-corrected chi connectivity index (χ0v) is 18.8. The average Bonchev–Trinajstić information content (AvgIpc) is 2.72. The van der Waals surface area contributed by atoms with E-state index in [0.29, 0.717) is 18.7 Å². The summed E-state index contributed by atoms with van der Waals surface area (Å²) in [5.41, 5.74) is 3.08. The van der Waals surface area contributed by atoms with Gasteiger partial charge in [0.05, 0.1) is 0 Å². The number of rotatable bonds is 10. The molecule has 0 aromatic heterocycles. The predicted octanol–water partition coefficient (Wildman–Crippen LogP) is 4.40. The fourth-order valence-electron chi connectivity index (χ4n) is 3.31. The van der Waals surface area contributed by atoms with Gasteiger partial charge >= 0.3 is 0 Å². The van der Waals surface area contributed by atoms with Crippen molar-refractivity contribution in [2.75, 3.05) is 6.61 Å². The van der Waals surface area contributed by atoms with E-state index in [2.05, 4.69) is 5.32 Å². The molecule has 0 saturated heterocycles. The number of para-hydroxylation sites is 1. The minimum Gasteiger partial charge on any atom is -0.484 e. The van der Waals surface area contributed by atoms with Crippen molar-refractivity contribution in [3.63, 3.8) is 0 Å². The molecule has 0 spiro atoms. The zero-order chi connectivity index (χ0) is 22.1. The van der Waals surface area contributed by atoms with E-state index in [1.165, 1.54) is 0 Å². The van der Waals surface area contributed by atoms with Crippen molar-refractivity contribution in [1.82, 2.24) is 10.2 Å². The Morgan fingerprint density at radius 3 is 2.40 bits per heavy atom. The fourth-order valence-corrected chi connectivity index (χ4v) is 3.31. The van der Waals surface area contributed by atoms with E-state index < -0.39 is 6.04 Å². The Bertz CT molecular complexity index is 850. The smallest absolute Gasteiger partial charge is 0.261 e. The summed E-state index contributed by atoms with van der Waals surface area (Å²) in [6, 6.07) is 15.1. The van der Waals surface area contributed by atoms with Crippen molar-refractivity contribution in [1.29, 1.82) is 0 Å². The third-order valence-electron chi connectivity index (χ3n) is 5.27. The van der Waals surface area contributed by atoms with Crippen LogP contribution in [0.2, 0.25) is 0 Å². The molecular formula is C25H34N2O3. The van der Waals surface area contributed by atoms with Crippen LogP contribution in [-0.4, -0.2) is 35.4 Å². The van der Waals surface area contributed by atoms with Gasteiger partial charge in [0.25, 0.3) is 5.91 Å². The molecule has 0 heterocycles. The van der Waals surface area contributed by atoms with E-state index in [9.17, 15) is 9.59 Å². The quantitative estimate of drug-likeness (QED) is 0.631. The van der Waals surface area contributed by atoms with Crippen LogP contribution in [0.3, 0.4) is 0 Å². The van der Waals surface area contributed by atoms with Gasteiger partial charge in [-0.15, -0.1) is 0 Å². The minimum atomic E-state index is -0.549. The number of carbonyl (C=O) groups is 2. The number of benzene rings is 2. The fraction of sp³-hybridized carbons (Fsp3) is 0.440. The monoisotopic (exact) mass is 410 g/mol. The number of nitrogens with one attached hydrogen (secondary N) is 1. The molecule has 0 radical (unpaired) electrons. The normalized spacial score (nSPS) is 12.7. The summed E-state index contributed by atoms with van der Waals surface area (Å²) >= 11 is 0. The number of nitrogens with zero attached hydrogens (tertiary/aromatic N) is 1. The maximum absolute atomic E-state index is 13.2. The third-order valence-corrected chi connectivity index (χ3v) is 5.27. The second-order valence-electron chi connectivity index (χ2n) is 7.81. The molecule has 2 rings (SSSR count). The first-order valence-corrected chi connectivity index (χ1v) is 10.7. The van der Waals surface area contributed by atoms with E-state index in [1.54, 1.807) is 4.90 Å². The molecule has 0 bridgehead atoms. The Balaban J connectivity index is 2.23. The second kappa shape index (κ2) is 11.4. The van der Waals surface area contributed by atoms with Crippen LogP contribution in [0.5, 0.6) is 5.75 Å². The van der Waals surface area contributed by atoms with Crippen LogP contribution in [-0.2, 0) is 16.1 Å². The standard InChI is InChI=1S/C25H34N2O3/c1-6-20(5)26-25(29)22(7-2)27(16-21-13-10-11-18(3)15-21)24(28)17-30-23-14-9-8-12-19(23)4/h8-15,20,22H,6-7,16-17H2,1-5H3,(H,26,29)/t20-,22+/m1/s1. The van der Waals surface area contributed by atoms with Crippen LogP contribution < -0.4 is 10.1 Å². The van der Waals surface area contributed by atoms with Crippen molar-refractivity contribution >= 4 is 11.8 Å². The van der Waals surface area contributed by atoms with Crippen LogP contribution >= 0.6 is 0 Å². The van der Waals surface area contributed by atoms with Crippen LogP contribution in [0, 0.1) is 13.8 Å². The van der Waals surface area contributed by atoms with Gasteiger partial charge in [0.1, 0.15) is 11.8 Å². The highest BCUT2D eigenvalue weighted by atomic mass is 16.5. The van der Waals surface area contributed by atoms with Gasteiger partial charge in [-0.05, 0) is 50.8 Å². The molecule has 0 aliphatic rings. The summed E-state index contributed by atoms with van der Waals surface area (Å²) in [4.78, 5) is 27.8. The van der Waals surface area contributed by atoms with Crippen molar-refractivity contribution in [3.8, 4) is 5.75 Å². The number of amides is 2. The third kappa shape index (κ3) is 6.61. The molecule has 0 aliphatic carbocycles. The lowest BCUT2D eigenvalue weighted by molar-refractivity contribution is -0.143. The number of ether oxygens (including phenoxy) is 1. The summed E-state index contributed by atoms with van der Waals surface area (Å²) in [7, 11) is 0. The van der Waals surface area contributed by atoms with Crippen LogP contribution in [0.15, 0.2) is 48.5 Å². The van der Waals surface area contributed by atoms with Crippen molar-refractivity contribution in [2.24, 2.45) is 0 Å². The first-order valence-electron chi connectivity index (χ1n) is 10.7. The maximum atomic E-state index is 13.2. The largest absolute Gasteiger partial charge is 0.484 e. The first kappa shape index (κ1) is 23.5. The molecular weight excluding hydrogens is 376 g/mol. The molecule has 2 aromatic rings. The van der Waals surface area contributed by atoms with Crippen molar-refractivity contribution < 1.29 is 14.3 Å². The van der Waals surface area contributed by atoms with E-state index in [0.717, 1.165) is 23.1 Å². The second-order valence-corrected chi connectivity index (χ2v) is 7.81. The SMILES string of the molecule is CC[C@@H](C)NC(=O)[C@H](CC)N(Cc1cccc(C)c1)C(=O)COc1ccccc1C. The molecule has 5 nitrogen and oxygen atoms in total. The summed E-state index contributed by atoms with van der Waals surface area (Å²) < 4.78 is 5.79. The Labute approximate surface area is 180 Å². The van der Waals surface area contributed by atoms with Gasteiger partial charge in [-0.2, -0.15) is 0 Å². The highest BCUT2D eigenvalue weighted by Gasteiger charge is 2.29. The van der Waals surface area contributed by atoms with Gasteiger partial charge < -0.3 is 15.0 Å². The Morgan fingerprint density at radius 1 is 1.03 bits per heavy atom. The lowest BCUT2D eigenvalue weighted by atomic mass is 10.1. The van der Waals surface area contributed by atoms with Gasteiger partial charge in [0, 0.05) is 12.6 Å². The average molecular weight is 411 g/mol. The van der Waals surface area contributed by atoms with Gasteiger partial charge in [-0.25, -0.2) is 0 Å². The van der Waals surface area contributed by atoms with Crippen LogP contribution in [0.1, 0.15) is 50.3 Å². The van der Waals surface area contributed by atoms with Crippen molar-refractivity contribution in [2.45, 2.75) is 66.1 Å². The van der Waals surface area contributed by atoms with Crippen molar-refractivity contribution in [3.05, 3.63) is 65.2 Å². The van der Waals surface area contributed by atoms with Crippen LogP contribution in [0.25, 0.3) is 0 Å². The number of aryl methyl sites for hydroxylation is 2. The molecule has 162 valence electrons. The van der Waals surface area contributed by atoms with E-state index in [-0.39, 0.29) is 24.5 Å². The Kier molecular flexibility index (Phi) is 8.90. The lowest BCUT2D eigenvalue weighted by Crippen LogP contribution is -2.51. The molecule has 2 atom stereocenters. The topological polar surface area (TPSA) is 58.6 Å². The molecule has 0 saturated carbocycles. The summed E-state index contributed by atoms with van der Waals surface area (Å²) in [6.07, 6.45) is 1.37. The molecule has 0 aliphatic heterocycles. The molecule has 5 heteroatoms. The molecule has 2 aromatic carbocycles. The molecule has 30 heavy (non-hydrogen) atoms. The van der Waals surface area contributed by atoms with Gasteiger partial charge in [0.2, 0.25) is 5.91 Å². The molecule has 0 fully saturated rings. The number of hydrogen-bond acceptors (Lipinski definition) is 3. The summed E-state index contributed by atoms with van der Waals surface area (Å²) in [5, 5.41) is 3.02. The predicted molar refractivity (Wildman–Crippen MR) is 120 cm³/mol. The van der Waals surface area contributed by atoms with Crippen LogP contribution in [0.4, 0.5) is 0 Å². The summed E-state index contributed by atoms with van der Waals surface area (Å²) in [5.74, 6) is 0.355. The highest BCUT2D eigenvalue weighted by molar-refractivity contribution is 5.88. The molecule has 1 N–H and O–H groups in total. The lowest BCUT2D eigenvalue weighted by Gasteiger charge is -2.31. The van der Waals surface area contributed by atoms with Gasteiger partial charge in [-0.3, -0.25) is 9.59 Å². The van der Waals surface area contributed by atoms with E-state index in [1.807, 2.05) is 83.1 Å². The maximum Gasteiger partial charge on any atom is 0.261 e. The number of hydrogen-bond donors (Lipinski definition) is 1. The summed E-state index contributed by atoms with van der Waals surface area (Å²) in [6.45, 7) is 10.1. The van der Waals surface area contributed by atoms with Gasteiger partial charge in [-0.1, -0.05) is 61.9 Å². The van der Waals surface area contributed by atoms with E-state index >= 15 is 0 Å². The Hall–Kier alpha value is -2.82. The highest BCUT2D eigenvalue weighted by Crippen LogP contribution is 2.18. The molecule has 2 amide bonds.